The van der Waals surface area contributed by atoms with Crippen LogP contribution in [0, 0.1) is 0 Å². The molecule has 1 amide bonds. The van der Waals surface area contributed by atoms with Gasteiger partial charge in [-0.1, -0.05) is 0 Å². The quantitative estimate of drug-likeness (QED) is 0.757. The number of rotatable bonds is 4. The van der Waals surface area contributed by atoms with Crippen LogP contribution in [0.2, 0.25) is 0 Å². The molecule has 3 aromatic rings. The highest BCUT2D eigenvalue weighted by atomic mass is 16.2. The average Bonchev–Trinajstić information content (AvgIpc) is 3.31. The van der Waals surface area contributed by atoms with E-state index in [1.807, 2.05) is 19.1 Å². The monoisotopic (exact) mass is 323 g/mol. The molecular formula is C16H17N7O. The molecular weight excluding hydrogens is 306 g/mol. The number of H-pyrrole nitrogens is 1. The molecule has 2 N–H and O–H groups in total. The van der Waals surface area contributed by atoms with Crippen molar-refractivity contribution in [2.75, 3.05) is 0 Å². The van der Waals surface area contributed by atoms with Crippen LogP contribution in [-0.2, 0) is 13.0 Å². The van der Waals surface area contributed by atoms with Crippen LogP contribution in [0.15, 0.2) is 30.7 Å². The summed E-state index contributed by atoms with van der Waals surface area (Å²) >= 11 is 0. The zero-order valence-electron chi connectivity index (χ0n) is 13.2. The number of nitrogens with one attached hydrogen (secondary N) is 2. The molecule has 3 aromatic heterocycles. The first-order chi connectivity index (χ1) is 11.7. The summed E-state index contributed by atoms with van der Waals surface area (Å²) in [5, 5.41) is 18.2. The summed E-state index contributed by atoms with van der Waals surface area (Å²) in [5.74, 6) is 1.56. The predicted octanol–water partition coefficient (Wildman–Crippen LogP) is 1.50. The van der Waals surface area contributed by atoms with Gasteiger partial charge in [0.1, 0.15) is 11.5 Å². The Balaban J connectivity index is 1.56. The highest BCUT2D eigenvalue weighted by Gasteiger charge is 2.24. The second kappa shape index (κ2) is 5.88. The number of carbonyl (C=O) groups is 1. The number of hydrogen-bond acceptors (Lipinski definition) is 5. The maximum Gasteiger partial charge on any atom is 0.270 e. The molecule has 0 radical (unpaired) electrons. The third-order valence-corrected chi connectivity index (χ3v) is 4.23. The summed E-state index contributed by atoms with van der Waals surface area (Å²) in [6.45, 7) is 2.82. The first kappa shape index (κ1) is 14.6. The lowest BCUT2D eigenvalue weighted by Gasteiger charge is -2.14. The van der Waals surface area contributed by atoms with E-state index in [1.165, 1.54) is 0 Å². The Morgan fingerprint density at radius 2 is 2.17 bits per heavy atom. The first-order valence-corrected chi connectivity index (χ1v) is 7.90. The van der Waals surface area contributed by atoms with Crippen LogP contribution in [0.4, 0.5) is 0 Å². The second-order valence-electron chi connectivity index (χ2n) is 5.82. The van der Waals surface area contributed by atoms with Gasteiger partial charge in [-0.25, -0.2) is 0 Å². The van der Waals surface area contributed by atoms with Crippen LogP contribution in [0.3, 0.4) is 0 Å². The van der Waals surface area contributed by atoms with E-state index >= 15 is 0 Å². The van der Waals surface area contributed by atoms with E-state index in [0.717, 1.165) is 42.2 Å². The fourth-order valence-corrected chi connectivity index (χ4v) is 3.04. The Kier molecular flexibility index (Phi) is 3.56. The van der Waals surface area contributed by atoms with Crippen LogP contribution < -0.4 is 5.32 Å². The summed E-state index contributed by atoms with van der Waals surface area (Å²) < 4.78 is 2.09. The lowest BCUT2D eigenvalue weighted by Crippen LogP contribution is -2.29. The number of pyridine rings is 1. The Hall–Kier alpha value is -3.03. The van der Waals surface area contributed by atoms with Gasteiger partial charge in [-0.2, -0.15) is 5.10 Å². The van der Waals surface area contributed by atoms with E-state index in [9.17, 15) is 4.79 Å². The van der Waals surface area contributed by atoms with E-state index in [-0.39, 0.29) is 11.9 Å². The number of fused-ring (bicyclic) bond motifs is 1. The van der Waals surface area contributed by atoms with Gasteiger partial charge >= 0.3 is 0 Å². The van der Waals surface area contributed by atoms with Gasteiger partial charge in [-0.05, 0) is 31.0 Å². The average molecular weight is 323 g/mol. The van der Waals surface area contributed by atoms with E-state index in [2.05, 4.69) is 35.3 Å². The molecule has 0 aliphatic carbocycles. The van der Waals surface area contributed by atoms with Gasteiger partial charge < -0.3 is 9.88 Å². The minimum Gasteiger partial charge on any atom is -0.341 e. The van der Waals surface area contributed by atoms with Crippen molar-refractivity contribution in [2.45, 2.75) is 32.4 Å². The van der Waals surface area contributed by atoms with Crippen molar-refractivity contribution in [1.82, 2.24) is 35.3 Å². The van der Waals surface area contributed by atoms with Gasteiger partial charge in [-0.3, -0.25) is 14.9 Å². The van der Waals surface area contributed by atoms with Crippen molar-refractivity contribution in [3.63, 3.8) is 0 Å². The molecule has 1 aliphatic heterocycles. The van der Waals surface area contributed by atoms with Gasteiger partial charge in [0.2, 0.25) is 0 Å². The van der Waals surface area contributed by atoms with Crippen molar-refractivity contribution in [3.05, 3.63) is 48.1 Å². The topological polar surface area (TPSA) is 101 Å². The largest absolute Gasteiger partial charge is 0.341 e. The van der Waals surface area contributed by atoms with Crippen LogP contribution >= 0.6 is 0 Å². The fraction of sp³-hybridized carbons (Fsp3) is 0.312. The minimum atomic E-state index is -0.231. The molecule has 0 aromatic carbocycles. The Morgan fingerprint density at radius 1 is 1.33 bits per heavy atom. The van der Waals surface area contributed by atoms with E-state index in [0.29, 0.717) is 5.69 Å². The number of aryl methyl sites for hydroxylation is 1. The highest BCUT2D eigenvalue weighted by Crippen LogP contribution is 2.23. The molecule has 0 saturated heterocycles. The van der Waals surface area contributed by atoms with E-state index in [4.69, 9.17) is 0 Å². The summed E-state index contributed by atoms with van der Waals surface area (Å²) in [6, 6.07) is 3.46. The summed E-state index contributed by atoms with van der Waals surface area (Å²) in [4.78, 5) is 16.6. The number of nitrogens with zero attached hydrogens (tertiary/aromatic N) is 5. The molecule has 1 atom stereocenters. The SMILES string of the molecule is CC(NC(=O)c1[nH]ncc1-c1ccncc1)c1nnc2n1CCC2. The Bertz CT molecular complexity index is 868. The van der Waals surface area contributed by atoms with Crippen molar-refractivity contribution < 1.29 is 4.79 Å². The maximum atomic E-state index is 12.7. The van der Waals surface area contributed by atoms with Gasteiger partial charge in [-0.15, -0.1) is 10.2 Å². The predicted molar refractivity (Wildman–Crippen MR) is 86.0 cm³/mol. The van der Waals surface area contributed by atoms with Gasteiger partial charge in [0, 0.05) is 30.9 Å². The van der Waals surface area contributed by atoms with Crippen LogP contribution in [0.25, 0.3) is 11.1 Å². The van der Waals surface area contributed by atoms with Gasteiger partial charge in [0.05, 0.1) is 12.2 Å². The first-order valence-electron chi connectivity index (χ1n) is 7.90. The zero-order chi connectivity index (χ0) is 16.5. The minimum absolute atomic E-state index is 0.220. The highest BCUT2D eigenvalue weighted by molar-refractivity contribution is 5.98. The number of aromatic nitrogens is 6. The lowest BCUT2D eigenvalue weighted by atomic mass is 10.1. The summed E-state index contributed by atoms with van der Waals surface area (Å²) in [5.41, 5.74) is 2.06. The molecule has 4 rings (SSSR count). The molecule has 4 heterocycles. The lowest BCUT2D eigenvalue weighted by molar-refractivity contribution is 0.0933. The maximum absolute atomic E-state index is 12.7. The van der Waals surface area contributed by atoms with Crippen LogP contribution in [0.1, 0.15) is 41.5 Å². The van der Waals surface area contributed by atoms with E-state index in [1.54, 1.807) is 18.6 Å². The third kappa shape index (κ3) is 2.45. The molecule has 122 valence electrons. The van der Waals surface area contributed by atoms with Crippen molar-refractivity contribution in [3.8, 4) is 11.1 Å². The second-order valence-corrected chi connectivity index (χ2v) is 5.82. The molecule has 8 nitrogen and oxygen atoms in total. The number of carbonyl (C=O) groups excluding carboxylic acids is 1. The summed E-state index contributed by atoms with van der Waals surface area (Å²) in [7, 11) is 0. The van der Waals surface area contributed by atoms with Crippen LogP contribution in [0.5, 0.6) is 0 Å². The van der Waals surface area contributed by atoms with Crippen molar-refractivity contribution in [2.24, 2.45) is 0 Å². The molecule has 8 heteroatoms. The molecule has 0 spiro atoms. The Morgan fingerprint density at radius 3 is 3.00 bits per heavy atom. The van der Waals surface area contributed by atoms with Crippen molar-refractivity contribution >= 4 is 5.91 Å². The fourth-order valence-electron chi connectivity index (χ4n) is 3.04. The van der Waals surface area contributed by atoms with E-state index < -0.39 is 0 Å². The molecule has 0 saturated carbocycles. The standard InChI is InChI=1S/C16H17N7O/c1-10(15-22-20-13-3-2-8-23(13)15)19-16(24)14-12(9-18-21-14)11-4-6-17-7-5-11/h4-7,9-10H,2-3,8H2,1H3,(H,18,21)(H,19,24). The number of aromatic amines is 1. The molecule has 24 heavy (non-hydrogen) atoms. The smallest absolute Gasteiger partial charge is 0.270 e. The van der Waals surface area contributed by atoms with Crippen molar-refractivity contribution in [1.29, 1.82) is 0 Å². The molecule has 1 aliphatic rings. The van der Waals surface area contributed by atoms with Gasteiger partial charge in [0.25, 0.3) is 5.91 Å². The number of hydrogen-bond donors (Lipinski definition) is 2. The normalized spacial score (nSPS) is 14.4. The molecule has 0 bridgehead atoms. The van der Waals surface area contributed by atoms with Crippen LogP contribution in [-0.4, -0.2) is 35.9 Å². The Labute approximate surface area is 138 Å². The van der Waals surface area contributed by atoms with Gasteiger partial charge in [0.15, 0.2) is 5.82 Å². The molecule has 1 unspecified atom stereocenters. The zero-order valence-corrected chi connectivity index (χ0v) is 13.2. The summed E-state index contributed by atoms with van der Waals surface area (Å²) in [6.07, 6.45) is 7.04. The molecule has 0 fully saturated rings. The number of amides is 1. The third-order valence-electron chi connectivity index (χ3n) is 4.23.